The first-order valence-corrected chi connectivity index (χ1v) is 8.87. The molecule has 25 heavy (non-hydrogen) atoms. The van der Waals surface area contributed by atoms with Crippen molar-refractivity contribution in [3.05, 3.63) is 52.0 Å². The predicted octanol–water partition coefficient (Wildman–Crippen LogP) is 1.29. The van der Waals surface area contributed by atoms with Gasteiger partial charge >= 0.3 is 18.9 Å². The molecule has 4 nitrogen and oxygen atoms in total. The van der Waals surface area contributed by atoms with Crippen LogP contribution in [0.5, 0.6) is 11.5 Å². The van der Waals surface area contributed by atoms with E-state index >= 15 is 0 Å². The molecule has 0 aliphatic rings. The summed E-state index contributed by atoms with van der Waals surface area (Å²) in [5.74, 6) is 1.16. The number of benzene rings is 2. The number of rotatable bonds is 8. The summed E-state index contributed by atoms with van der Waals surface area (Å²) in [6.45, 7) is 0.887. The van der Waals surface area contributed by atoms with Crippen LogP contribution in [0.1, 0.15) is 11.8 Å². The number of hydrogen-bond donors (Lipinski definition) is 0. The number of ether oxygens (including phenoxy) is 3. The Hall–Kier alpha value is -0.723. The number of hydrogen-bond acceptors (Lipinski definition) is 4. The van der Waals surface area contributed by atoms with Crippen LogP contribution in [0.4, 0.5) is 0 Å². The van der Waals surface area contributed by atoms with E-state index < -0.39 is 0 Å². The van der Waals surface area contributed by atoms with Crippen molar-refractivity contribution in [1.82, 2.24) is 0 Å². The summed E-state index contributed by atoms with van der Waals surface area (Å²) in [6.07, 6.45) is 0. The summed E-state index contributed by atoms with van der Waals surface area (Å²) in [5.41, 5.74) is 0.139. The first kappa shape index (κ1) is 22.3. The van der Waals surface area contributed by atoms with E-state index in [1.165, 1.54) is 7.11 Å². The molecule has 0 amide bonds. The van der Waals surface area contributed by atoms with Crippen molar-refractivity contribution in [3.8, 4) is 11.5 Å². The first-order valence-electron chi connectivity index (χ1n) is 7.12. The number of para-hydroxylation sites is 1. The second-order valence-corrected chi connectivity index (χ2v) is 6.81. The maximum absolute atomic E-state index is 12.7. The summed E-state index contributed by atoms with van der Waals surface area (Å²) >= 11 is 12.4. The van der Waals surface area contributed by atoms with Crippen LogP contribution in [-0.4, -0.2) is 33.0 Å². The molecule has 0 aliphatic carbocycles. The minimum atomic E-state index is -0.158. The zero-order valence-electron chi connectivity index (χ0n) is 15.3. The van der Waals surface area contributed by atoms with Gasteiger partial charge < -0.3 is 15.6 Å². The molecule has 0 bridgehead atoms. The molecule has 0 aromatic heterocycles. The number of halogens is 2. The predicted molar refractivity (Wildman–Crippen MR) is 100 cm³/mol. The third-order valence-corrected chi connectivity index (χ3v) is 4.91. The number of methoxy groups -OCH3 is 2. The molecule has 2 aromatic carbocycles. The smallest absolute Gasteiger partial charge is 1.00 e. The van der Waals surface area contributed by atoms with E-state index in [4.69, 9.17) is 37.4 Å². The van der Waals surface area contributed by atoms with Gasteiger partial charge in [-0.1, -0.05) is 41.4 Å². The molecule has 1 unspecified atom stereocenters. The molecule has 130 valence electrons. The largest absolute Gasteiger partial charge is 1.00 e. The van der Waals surface area contributed by atoms with Crippen LogP contribution in [0.2, 0.25) is 10.0 Å². The minimum Gasteiger partial charge on any atom is -1.00 e. The van der Waals surface area contributed by atoms with Gasteiger partial charge in [0.25, 0.3) is 0 Å². The van der Waals surface area contributed by atoms with Crippen LogP contribution in [0.3, 0.4) is 0 Å². The molecule has 0 saturated carbocycles. The van der Waals surface area contributed by atoms with Crippen molar-refractivity contribution in [2.24, 2.45) is 0 Å². The first-order chi connectivity index (χ1) is 11.6. The Morgan fingerprint density at radius 3 is 2.36 bits per heavy atom. The average Bonchev–Trinajstić information content (AvgIpc) is 2.55. The summed E-state index contributed by atoms with van der Waals surface area (Å²) in [4.78, 5) is 12.7. The molecule has 2 rings (SSSR count). The molecule has 0 fully saturated rings. The SMILES string of the molecule is COCCOc1ccccc1PC(=O)c1c(Cl)cc(OC)cc1Cl.[H-].[Li+]. The summed E-state index contributed by atoms with van der Waals surface area (Å²) < 4.78 is 15.7. The van der Waals surface area contributed by atoms with E-state index in [-0.39, 0.29) is 44.4 Å². The zero-order chi connectivity index (χ0) is 17.5. The van der Waals surface area contributed by atoms with Crippen molar-refractivity contribution < 1.29 is 39.3 Å². The molecule has 0 spiro atoms. The second-order valence-electron chi connectivity index (χ2n) is 4.76. The van der Waals surface area contributed by atoms with E-state index in [2.05, 4.69) is 0 Å². The average molecular weight is 395 g/mol. The fourth-order valence-electron chi connectivity index (χ4n) is 2.00. The quantitative estimate of drug-likeness (QED) is 0.384. The molecule has 0 N–H and O–H groups in total. The van der Waals surface area contributed by atoms with E-state index in [9.17, 15) is 4.79 Å². The monoisotopic (exact) mass is 394 g/mol. The minimum absolute atomic E-state index is 0. The van der Waals surface area contributed by atoms with E-state index in [0.29, 0.717) is 30.3 Å². The van der Waals surface area contributed by atoms with Gasteiger partial charge in [0.2, 0.25) is 0 Å². The summed E-state index contributed by atoms with van der Waals surface area (Å²) in [5, 5.41) is 1.34. The fraction of sp³-hybridized carbons (Fsp3) is 0.235. The maximum atomic E-state index is 12.7. The zero-order valence-corrected chi connectivity index (χ0v) is 16.8. The standard InChI is InChI=1S/C17H17Cl2O4P.Li.H/c1-21-7-8-23-14-5-3-4-6-15(14)24-17(20)16-12(18)9-11(22-2)10-13(16)19;;/h3-6,9-10,24H,7-8H2,1-2H3;;/q;+1;-1. The maximum Gasteiger partial charge on any atom is 1.00 e. The van der Waals surface area contributed by atoms with Gasteiger partial charge in [-0.05, 0) is 26.8 Å². The van der Waals surface area contributed by atoms with Gasteiger partial charge in [-0.3, -0.25) is 4.79 Å². The Bertz CT molecular complexity index is 711. The van der Waals surface area contributed by atoms with Crippen molar-refractivity contribution >= 4 is 42.6 Å². The van der Waals surface area contributed by atoms with Crippen LogP contribution in [0, 0.1) is 0 Å². The summed E-state index contributed by atoms with van der Waals surface area (Å²) in [7, 11) is 2.96. The third kappa shape index (κ3) is 6.19. The Labute approximate surface area is 172 Å². The molecular weight excluding hydrogens is 377 g/mol. The Morgan fingerprint density at radius 1 is 1.12 bits per heavy atom. The van der Waals surface area contributed by atoms with Crippen LogP contribution >= 0.6 is 31.8 Å². The van der Waals surface area contributed by atoms with Gasteiger partial charge in [0.05, 0.1) is 29.3 Å². The van der Waals surface area contributed by atoms with Gasteiger partial charge in [-0.15, -0.1) is 0 Å². The van der Waals surface area contributed by atoms with E-state index in [0.717, 1.165) is 5.30 Å². The van der Waals surface area contributed by atoms with E-state index in [1.54, 1.807) is 19.2 Å². The number of carbonyl (C=O) groups is 1. The normalized spacial score (nSPS) is 10.6. The number of carbonyl (C=O) groups excluding carboxylic acids is 1. The molecule has 2 aromatic rings. The van der Waals surface area contributed by atoms with Gasteiger partial charge in [0.15, 0.2) is 5.52 Å². The van der Waals surface area contributed by atoms with Crippen molar-refractivity contribution in [1.29, 1.82) is 0 Å². The fourth-order valence-corrected chi connectivity index (χ4v) is 3.89. The Kier molecular flexibility index (Phi) is 9.90. The van der Waals surface area contributed by atoms with Crippen molar-refractivity contribution in [2.75, 3.05) is 27.4 Å². The molecule has 0 saturated heterocycles. The topological polar surface area (TPSA) is 44.8 Å². The van der Waals surface area contributed by atoms with Crippen molar-refractivity contribution in [3.63, 3.8) is 0 Å². The second kappa shape index (κ2) is 11.1. The Morgan fingerprint density at radius 2 is 1.76 bits per heavy atom. The molecule has 8 heteroatoms. The van der Waals surface area contributed by atoms with Crippen LogP contribution in [0.25, 0.3) is 0 Å². The molecular formula is C17H18Cl2LiO4P. The molecule has 0 heterocycles. The summed E-state index contributed by atoms with van der Waals surface area (Å²) in [6, 6.07) is 10.5. The van der Waals surface area contributed by atoms with Gasteiger partial charge in [-0.2, -0.15) is 0 Å². The molecule has 0 radical (unpaired) electrons. The van der Waals surface area contributed by atoms with Crippen LogP contribution < -0.4 is 33.6 Å². The van der Waals surface area contributed by atoms with Gasteiger partial charge in [0, 0.05) is 12.4 Å². The van der Waals surface area contributed by atoms with Crippen molar-refractivity contribution in [2.45, 2.75) is 0 Å². The van der Waals surface area contributed by atoms with Gasteiger partial charge in [-0.25, -0.2) is 0 Å². The van der Waals surface area contributed by atoms with E-state index in [1.807, 2.05) is 24.3 Å². The van der Waals surface area contributed by atoms with Crippen LogP contribution in [0.15, 0.2) is 36.4 Å². The van der Waals surface area contributed by atoms with Gasteiger partial charge in [0.1, 0.15) is 18.1 Å². The molecule has 0 aliphatic heterocycles. The Balaban J connectivity index is 0.00000312. The van der Waals surface area contributed by atoms with Crippen LogP contribution in [-0.2, 0) is 4.74 Å². The third-order valence-electron chi connectivity index (χ3n) is 3.16. The molecule has 1 atom stereocenters.